The Morgan fingerprint density at radius 1 is 1.27 bits per heavy atom. The average Bonchev–Trinajstić information content (AvgIpc) is 2.65. The van der Waals surface area contributed by atoms with Crippen LogP contribution in [0.3, 0.4) is 0 Å². The number of benzene rings is 1. The Labute approximate surface area is 98.5 Å². The van der Waals surface area contributed by atoms with E-state index in [1.807, 2.05) is 6.07 Å². The molecule has 0 saturated carbocycles. The molecule has 0 radical (unpaired) electrons. The Bertz CT molecular complexity index is 476. The minimum atomic E-state index is 0.576. The molecule has 1 aromatic carbocycles. The second-order valence-electron chi connectivity index (χ2n) is 3.46. The van der Waals surface area contributed by atoms with Crippen LogP contribution in [-0.4, -0.2) is 0 Å². The average molecular weight is 238 g/mol. The summed E-state index contributed by atoms with van der Waals surface area (Å²) in [6.45, 7) is 2.68. The van der Waals surface area contributed by atoms with Crippen molar-refractivity contribution in [1.29, 1.82) is 0 Å². The van der Waals surface area contributed by atoms with Gasteiger partial charge in [0.25, 0.3) is 0 Å². The van der Waals surface area contributed by atoms with Crippen molar-refractivity contribution in [2.45, 2.75) is 13.5 Å². The zero-order chi connectivity index (χ0) is 10.8. The fourth-order valence-electron chi connectivity index (χ4n) is 1.52. The van der Waals surface area contributed by atoms with Gasteiger partial charge in [-0.25, -0.2) is 0 Å². The molecule has 0 aliphatic carbocycles. The van der Waals surface area contributed by atoms with Crippen molar-refractivity contribution >= 4 is 22.9 Å². The highest BCUT2D eigenvalue weighted by molar-refractivity contribution is 7.19. The Kier molecular flexibility index (Phi) is 3.10. The van der Waals surface area contributed by atoms with E-state index in [0.717, 1.165) is 9.90 Å². The molecule has 0 atom stereocenters. The van der Waals surface area contributed by atoms with Crippen LogP contribution < -0.4 is 5.73 Å². The predicted octanol–water partition coefficient (Wildman–Crippen LogP) is 3.84. The van der Waals surface area contributed by atoms with Crippen LogP contribution in [-0.2, 0) is 6.54 Å². The first kappa shape index (κ1) is 10.7. The Morgan fingerprint density at radius 2 is 2.07 bits per heavy atom. The molecule has 78 valence electrons. The molecule has 0 amide bonds. The molecule has 2 N–H and O–H groups in total. The number of halogens is 1. The summed E-state index contributed by atoms with van der Waals surface area (Å²) in [5.41, 5.74) is 9.27. The van der Waals surface area contributed by atoms with Gasteiger partial charge in [-0.1, -0.05) is 23.7 Å². The van der Waals surface area contributed by atoms with Crippen molar-refractivity contribution in [3.63, 3.8) is 0 Å². The van der Waals surface area contributed by atoms with Gasteiger partial charge in [0.1, 0.15) is 0 Å². The molecular formula is C12H12ClNS. The molecule has 1 nitrogen and oxygen atoms in total. The fourth-order valence-corrected chi connectivity index (χ4v) is 2.65. The molecule has 0 aliphatic rings. The summed E-state index contributed by atoms with van der Waals surface area (Å²) in [4.78, 5) is 1.20. The predicted molar refractivity (Wildman–Crippen MR) is 67.4 cm³/mol. The lowest BCUT2D eigenvalue weighted by Gasteiger charge is -2.05. The summed E-state index contributed by atoms with van der Waals surface area (Å²) in [7, 11) is 0. The van der Waals surface area contributed by atoms with Crippen molar-refractivity contribution in [3.05, 3.63) is 45.8 Å². The van der Waals surface area contributed by atoms with Gasteiger partial charge < -0.3 is 5.73 Å². The minimum absolute atomic E-state index is 0.576. The minimum Gasteiger partial charge on any atom is -0.326 e. The van der Waals surface area contributed by atoms with Crippen LogP contribution in [0.5, 0.6) is 0 Å². The number of hydrogen-bond acceptors (Lipinski definition) is 2. The van der Waals surface area contributed by atoms with Gasteiger partial charge in [-0.15, -0.1) is 11.3 Å². The van der Waals surface area contributed by atoms with Crippen LogP contribution in [0.2, 0.25) is 4.34 Å². The highest BCUT2D eigenvalue weighted by atomic mass is 35.5. The maximum absolute atomic E-state index is 5.93. The number of hydrogen-bond donors (Lipinski definition) is 1. The monoisotopic (exact) mass is 237 g/mol. The van der Waals surface area contributed by atoms with E-state index in [2.05, 4.69) is 31.2 Å². The lowest BCUT2D eigenvalue weighted by atomic mass is 10.0. The van der Waals surface area contributed by atoms with Gasteiger partial charge in [-0.05, 0) is 41.8 Å². The molecule has 0 bridgehead atoms. The van der Waals surface area contributed by atoms with E-state index in [4.69, 9.17) is 17.3 Å². The molecule has 0 spiro atoms. The van der Waals surface area contributed by atoms with Crippen LogP contribution >= 0.6 is 22.9 Å². The largest absolute Gasteiger partial charge is 0.326 e. The van der Waals surface area contributed by atoms with Gasteiger partial charge in [0.2, 0.25) is 0 Å². The molecule has 2 rings (SSSR count). The van der Waals surface area contributed by atoms with Crippen LogP contribution in [0.4, 0.5) is 0 Å². The molecule has 1 heterocycles. The number of rotatable bonds is 2. The van der Waals surface area contributed by atoms with E-state index in [9.17, 15) is 0 Å². The van der Waals surface area contributed by atoms with Gasteiger partial charge >= 0.3 is 0 Å². The number of nitrogens with two attached hydrogens (primary N) is 1. The molecule has 0 aliphatic heterocycles. The second kappa shape index (κ2) is 4.35. The first-order valence-corrected chi connectivity index (χ1v) is 5.95. The Hall–Kier alpha value is -0.830. The zero-order valence-electron chi connectivity index (χ0n) is 8.46. The van der Waals surface area contributed by atoms with Gasteiger partial charge in [0.05, 0.1) is 4.34 Å². The maximum Gasteiger partial charge on any atom is 0.0934 e. The third-order valence-electron chi connectivity index (χ3n) is 2.38. The molecular weight excluding hydrogens is 226 g/mol. The fraction of sp³-hybridized carbons (Fsp3) is 0.167. The van der Waals surface area contributed by atoms with E-state index in [-0.39, 0.29) is 0 Å². The maximum atomic E-state index is 5.93. The van der Waals surface area contributed by atoms with E-state index < -0.39 is 0 Å². The summed E-state index contributed by atoms with van der Waals surface area (Å²) >= 11 is 7.53. The third-order valence-corrected chi connectivity index (χ3v) is 3.64. The molecule has 0 fully saturated rings. The quantitative estimate of drug-likeness (QED) is 0.844. The normalized spacial score (nSPS) is 10.6. The Morgan fingerprint density at radius 3 is 2.67 bits per heavy atom. The summed E-state index contributed by atoms with van der Waals surface area (Å²) < 4.78 is 0.822. The molecule has 1 aromatic heterocycles. The third kappa shape index (κ3) is 2.23. The van der Waals surface area contributed by atoms with Crippen molar-refractivity contribution in [2.75, 3.05) is 0 Å². The number of thiophene rings is 1. The molecule has 15 heavy (non-hydrogen) atoms. The van der Waals surface area contributed by atoms with Crippen LogP contribution in [0, 0.1) is 6.92 Å². The smallest absolute Gasteiger partial charge is 0.0934 e. The van der Waals surface area contributed by atoms with Gasteiger partial charge in [0.15, 0.2) is 0 Å². The SMILES string of the molecule is Cc1ccc(CN)cc1-c1ccc(Cl)s1. The summed E-state index contributed by atoms with van der Waals surface area (Å²) in [6, 6.07) is 10.3. The van der Waals surface area contributed by atoms with Gasteiger partial charge in [0, 0.05) is 11.4 Å². The van der Waals surface area contributed by atoms with Crippen molar-refractivity contribution in [2.24, 2.45) is 5.73 Å². The van der Waals surface area contributed by atoms with E-state index >= 15 is 0 Å². The number of aryl methyl sites for hydroxylation is 1. The van der Waals surface area contributed by atoms with Crippen molar-refractivity contribution < 1.29 is 0 Å². The van der Waals surface area contributed by atoms with Crippen LogP contribution in [0.1, 0.15) is 11.1 Å². The van der Waals surface area contributed by atoms with Gasteiger partial charge in [-0.2, -0.15) is 0 Å². The summed E-state index contributed by atoms with van der Waals surface area (Å²) in [6.07, 6.45) is 0. The van der Waals surface area contributed by atoms with Crippen LogP contribution in [0.25, 0.3) is 10.4 Å². The van der Waals surface area contributed by atoms with E-state index in [1.54, 1.807) is 11.3 Å². The van der Waals surface area contributed by atoms with Gasteiger partial charge in [-0.3, -0.25) is 0 Å². The van der Waals surface area contributed by atoms with Crippen molar-refractivity contribution in [3.8, 4) is 10.4 Å². The first-order chi connectivity index (χ1) is 7.20. The van der Waals surface area contributed by atoms with E-state index in [0.29, 0.717) is 6.54 Å². The standard InChI is InChI=1S/C12H12ClNS/c1-8-2-3-9(7-14)6-10(8)11-4-5-12(13)15-11/h2-6H,7,14H2,1H3. The second-order valence-corrected chi connectivity index (χ2v) is 5.17. The Balaban J connectivity index is 2.51. The topological polar surface area (TPSA) is 26.0 Å². The van der Waals surface area contributed by atoms with E-state index in [1.165, 1.54) is 16.0 Å². The molecule has 2 aromatic rings. The summed E-state index contributed by atoms with van der Waals surface area (Å²) in [5, 5.41) is 0. The van der Waals surface area contributed by atoms with Crippen molar-refractivity contribution in [1.82, 2.24) is 0 Å². The molecule has 0 saturated heterocycles. The lowest BCUT2D eigenvalue weighted by molar-refractivity contribution is 1.07. The summed E-state index contributed by atoms with van der Waals surface area (Å²) in [5.74, 6) is 0. The molecule has 3 heteroatoms. The van der Waals surface area contributed by atoms with Crippen LogP contribution in [0.15, 0.2) is 30.3 Å². The lowest BCUT2D eigenvalue weighted by Crippen LogP contribution is -1.96. The highest BCUT2D eigenvalue weighted by Crippen LogP contribution is 2.33. The highest BCUT2D eigenvalue weighted by Gasteiger charge is 2.05. The zero-order valence-corrected chi connectivity index (χ0v) is 10.0. The first-order valence-electron chi connectivity index (χ1n) is 4.76. The molecule has 0 unspecified atom stereocenters.